The van der Waals surface area contributed by atoms with Crippen LogP contribution in [0.5, 0.6) is 5.75 Å². The van der Waals surface area contributed by atoms with E-state index in [1.165, 1.54) is 37.0 Å². The zero-order valence-electron chi connectivity index (χ0n) is 15.2. The number of hydrogen-bond acceptors (Lipinski definition) is 5. The summed E-state index contributed by atoms with van der Waals surface area (Å²) in [7, 11) is 0. The second kappa shape index (κ2) is 9.14. The smallest absolute Gasteiger partial charge is 0.269 e. The summed E-state index contributed by atoms with van der Waals surface area (Å²) in [4.78, 5) is 14.4. The number of fused-ring (bicyclic) bond motifs is 1. The second-order valence-corrected chi connectivity index (χ2v) is 7.65. The van der Waals surface area contributed by atoms with E-state index in [4.69, 9.17) is 4.74 Å². The van der Waals surface area contributed by atoms with Crippen LogP contribution in [0.2, 0.25) is 0 Å². The van der Waals surface area contributed by atoms with Crippen LogP contribution < -0.4 is 4.74 Å². The van der Waals surface area contributed by atoms with Crippen molar-refractivity contribution < 1.29 is 9.66 Å². The van der Waals surface area contributed by atoms with E-state index in [2.05, 4.69) is 23.3 Å². The molecule has 1 aromatic heterocycles. The van der Waals surface area contributed by atoms with Crippen molar-refractivity contribution in [2.75, 3.05) is 19.7 Å². The number of ether oxygens (including phenoxy) is 1. The van der Waals surface area contributed by atoms with Crippen LogP contribution >= 0.6 is 11.3 Å². The number of thiophene rings is 1. The Labute approximate surface area is 158 Å². The molecule has 1 aromatic carbocycles. The van der Waals surface area contributed by atoms with Gasteiger partial charge in [-0.05, 0) is 48.4 Å². The number of nitro groups is 1. The fourth-order valence-electron chi connectivity index (χ4n) is 3.53. The van der Waals surface area contributed by atoms with Gasteiger partial charge < -0.3 is 4.74 Å². The minimum Gasteiger partial charge on any atom is -0.494 e. The highest BCUT2D eigenvalue weighted by Gasteiger charge is 2.27. The fraction of sp³-hybridized carbons (Fsp3) is 0.500. The van der Waals surface area contributed by atoms with Crippen molar-refractivity contribution in [2.45, 2.75) is 45.1 Å². The van der Waals surface area contributed by atoms with Gasteiger partial charge in [-0.1, -0.05) is 19.8 Å². The third-order valence-corrected chi connectivity index (χ3v) is 5.99. The lowest BCUT2D eigenvalue weighted by molar-refractivity contribution is -0.384. The minimum atomic E-state index is -0.393. The maximum absolute atomic E-state index is 10.7. The third kappa shape index (κ3) is 4.62. The van der Waals surface area contributed by atoms with Crippen LogP contribution in [0.25, 0.3) is 0 Å². The Morgan fingerprint density at radius 2 is 2.08 bits per heavy atom. The van der Waals surface area contributed by atoms with E-state index in [0.29, 0.717) is 18.4 Å². The summed E-state index contributed by atoms with van der Waals surface area (Å²) in [5.74, 6) is 0.692. The zero-order valence-corrected chi connectivity index (χ0v) is 16.0. The SMILES string of the molecule is CCCCC1c2sccc2CCN1CCCOc1ccc([N+](=O)[O-])cc1. The molecule has 0 N–H and O–H groups in total. The number of non-ortho nitro benzene ring substituents is 1. The second-order valence-electron chi connectivity index (χ2n) is 6.71. The molecule has 1 atom stereocenters. The van der Waals surface area contributed by atoms with Crippen LogP contribution in [0, 0.1) is 10.1 Å². The van der Waals surface area contributed by atoms with Gasteiger partial charge in [0.25, 0.3) is 5.69 Å². The predicted molar refractivity (Wildman–Crippen MR) is 105 cm³/mol. The summed E-state index contributed by atoms with van der Waals surface area (Å²) in [5, 5.41) is 12.9. The molecule has 0 bridgehead atoms. The zero-order chi connectivity index (χ0) is 18.4. The monoisotopic (exact) mass is 374 g/mol. The maximum Gasteiger partial charge on any atom is 0.269 e. The minimum absolute atomic E-state index is 0.0937. The van der Waals surface area contributed by atoms with Crippen LogP contribution in [-0.2, 0) is 6.42 Å². The van der Waals surface area contributed by atoms with Crippen LogP contribution in [-0.4, -0.2) is 29.5 Å². The largest absolute Gasteiger partial charge is 0.494 e. The lowest BCUT2D eigenvalue weighted by Gasteiger charge is -2.35. The van der Waals surface area contributed by atoms with E-state index in [1.807, 2.05) is 11.3 Å². The number of benzene rings is 1. The first-order chi connectivity index (χ1) is 12.7. The highest BCUT2D eigenvalue weighted by molar-refractivity contribution is 7.10. The number of hydrogen-bond donors (Lipinski definition) is 0. The molecular formula is C20H26N2O3S. The predicted octanol–water partition coefficient (Wildman–Crippen LogP) is 5.21. The molecule has 0 saturated heterocycles. The maximum atomic E-state index is 10.7. The van der Waals surface area contributed by atoms with Crippen molar-refractivity contribution in [3.63, 3.8) is 0 Å². The van der Waals surface area contributed by atoms with Crippen molar-refractivity contribution in [2.24, 2.45) is 0 Å². The molecule has 1 unspecified atom stereocenters. The highest BCUT2D eigenvalue weighted by Crippen LogP contribution is 2.37. The molecule has 0 spiro atoms. The Kier molecular flexibility index (Phi) is 6.63. The van der Waals surface area contributed by atoms with Gasteiger partial charge in [-0.2, -0.15) is 0 Å². The van der Waals surface area contributed by atoms with Crippen molar-refractivity contribution in [3.05, 3.63) is 56.3 Å². The molecule has 0 saturated carbocycles. The average molecular weight is 375 g/mol. The van der Waals surface area contributed by atoms with Crippen molar-refractivity contribution in [3.8, 4) is 5.75 Å². The highest BCUT2D eigenvalue weighted by atomic mass is 32.1. The first-order valence-electron chi connectivity index (χ1n) is 9.36. The number of nitro benzene ring substituents is 1. The van der Waals surface area contributed by atoms with Gasteiger partial charge in [-0.25, -0.2) is 0 Å². The van der Waals surface area contributed by atoms with Crippen LogP contribution in [0.1, 0.15) is 49.1 Å². The molecule has 0 fully saturated rings. The molecule has 1 aliphatic heterocycles. The van der Waals surface area contributed by atoms with E-state index in [1.54, 1.807) is 17.0 Å². The molecule has 2 aromatic rings. The summed E-state index contributed by atoms with van der Waals surface area (Å²) in [5.41, 5.74) is 1.63. The van der Waals surface area contributed by atoms with E-state index < -0.39 is 4.92 Å². The van der Waals surface area contributed by atoms with Crippen LogP contribution in [0.3, 0.4) is 0 Å². The van der Waals surface area contributed by atoms with Gasteiger partial charge in [0.05, 0.1) is 11.5 Å². The molecule has 1 aliphatic rings. The quantitative estimate of drug-likeness (QED) is 0.343. The van der Waals surface area contributed by atoms with Gasteiger partial charge in [0.15, 0.2) is 0 Å². The fourth-order valence-corrected chi connectivity index (χ4v) is 4.66. The van der Waals surface area contributed by atoms with Crippen LogP contribution in [0.4, 0.5) is 5.69 Å². The molecule has 26 heavy (non-hydrogen) atoms. The van der Waals surface area contributed by atoms with Crippen LogP contribution in [0.15, 0.2) is 35.7 Å². The van der Waals surface area contributed by atoms with Gasteiger partial charge in [0.2, 0.25) is 0 Å². The van der Waals surface area contributed by atoms with Crippen molar-refractivity contribution >= 4 is 17.0 Å². The molecule has 0 aliphatic carbocycles. The van der Waals surface area contributed by atoms with E-state index in [0.717, 1.165) is 25.9 Å². The van der Waals surface area contributed by atoms with Gasteiger partial charge in [0.1, 0.15) is 5.75 Å². The van der Waals surface area contributed by atoms with Crippen molar-refractivity contribution in [1.82, 2.24) is 4.90 Å². The topological polar surface area (TPSA) is 55.6 Å². The van der Waals surface area contributed by atoms with E-state index in [9.17, 15) is 10.1 Å². The normalized spacial score (nSPS) is 17.0. The molecule has 2 heterocycles. The summed E-state index contributed by atoms with van der Waals surface area (Å²) in [6, 6.07) is 9.15. The molecular weight excluding hydrogens is 348 g/mol. The summed E-state index contributed by atoms with van der Waals surface area (Å²) >= 11 is 1.90. The Hall–Kier alpha value is -1.92. The Morgan fingerprint density at radius 1 is 1.27 bits per heavy atom. The van der Waals surface area contributed by atoms with E-state index >= 15 is 0 Å². The lowest BCUT2D eigenvalue weighted by Crippen LogP contribution is -2.35. The summed E-state index contributed by atoms with van der Waals surface area (Å²) in [6.45, 7) is 5.03. The molecule has 5 nitrogen and oxygen atoms in total. The van der Waals surface area contributed by atoms with Gasteiger partial charge >= 0.3 is 0 Å². The van der Waals surface area contributed by atoms with E-state index in [-0.39, 0.29) is 5.69 Å². The van der Waals surface area contributed by atoms with Gasteiger partial charge in [0, 0.05) is 36.1 Å². The standard InChI is InChI=1S/C20H26N2O3S/c1-2-3-5-19-20-16(11-15-26-20)10-13-21(19)12-4-14-25-18-8-6-17(7-9-18)22(23)24/h6-9,11,15,19H,2-5,10,12-14H2,1H3. The molecule has 0 amide bonds. The Morgan fingerprint density at radius 3 is 2.81 bits per heavy atom. The van der Waals surface area contributed by atoms with Gasteiger partial charge in [-0.15, -0.1) is 11.3 Å². The number of nitrogens with zero attached hydrogens (tertiary/aromatic N) is 2. The number of rotatable bonds is 9. The van der Waals surface area contributed by atoms with Crippen molar-refractivity contribution in [1.29, 1.82) is 0 Å². The summed E-state index contributed by atoms with van der Waals surface area (Å²) in [6.07, 6.45) is 5.82. The lowest BCUT2D eigenvalue weighted by atomic mass is 9.97. The Balaban J connectivity index is 1.49. The third-order valence-electron chi connectivity index (χ3n) is 4.93. The first-order valence-corrected chi connectivity index (χ1v) is 10.2. The first kappa shape index (κ1) is 18.9. The molecule has 3 rings (SSSR count). The molecule has 6 heteroatoms. The molecule has 140 valence electrons. The Bertz CT molecular complexity index is 714. The molecule has 0 radical (unpaired) electrons. The summed E-state index contributed by atoms with van der Waals surface area (Å²) < 4.78 is 5.76. The van der Waals surface area contributed by atoms with Gasteiger partial charge in [-0.3, -0.25) is 15.0 Å². The number of unbranched alkanes of at least 4 members (excludes halogenated alkanes) is 1. The average Bonchev–Trinajstić information content (AvgIpc) is 3.13.